The molecule has 0 atom stereocenters. The van der Waals surface area contributed by atoms with Gasteiger partial charge in [-0.3, -0.25) is 15.1 Å². The summed E-state index contributed by atoms with van der Waals surface area (Å²) in [6.45, 7) is 3.61. The maximum Gasteiger partial charge on any atom is 0.259 e. The molecule has 0 bridgehead atoms. The third-order valence-electron chi connectivity index (χ3n) is 2.28. The van der Waals surface area contributed by atoms with Crippen molar-refractivity contribution in [2.24, 2.45) is 0 Å². The zero-order valence-corrected chi connectivity index (χ0v) is 11.4. The van der Waals surface area contributed by atoms with E-state index < -0.39 is 0 Å². The summed E-state index contributed by atoms with van der Waals surface area (Å²) < 4.78 is 0.731. The Balaban J connectivity index is 2.18. The van der Waals surface area contributed by atoms with Gasteiger partial charge in [-0.1, -0.05) is 0 Å². The molecule has 7 heteroatoms. The average molecular weight is 308 g/mol. The van der Waals surface area contributed by atoms with Crippen LogP contribution in [0.4, 0.5) is 5.95 Å². The first-order valence-electron chi connectivity index (χ1n) is 5.16. The monoisotopic (exact) mass is 307 g/mol. The Morgan fingerprint density at radius 3 is 2.67 bits per heavy atom. The van der Waals surface area contributed by atoms with Crippen LogP contribution in [0.15, 0.2) is 22.9 Å². The van der Waals surface area contributed by atoms with E-state index >= 15 is 0 Å². The number of anilines is 1. The first-order valence-corrected chi connectivity index (χ1v) is 5.95. The lowest BCUT2D eigenvalue weighted by molar-refractivity contribution is 0.102. The van der Waals surface area contributed by atoms with E-state index in [1.807, 2.05) is 0 Å². The van der Waals surface area contributed by atoms with Gasteiger partial charge in [-0.15, -0.1) is 5.10 Å². The predicted octanol–water partition coefficient (Wildman–Crippen LogP) is 1.90. The Bertz CT molecular complexity index is 602. The first-order chi connectivity index (χ1) is 8.56. The van der Waals surface area contributed by atoms with Crippen LogP contribution >= 0.6 is 15.9 Å². The van der Waals surface area contributed by atoms with Gasteiger partial charge in [0.1, 0.15) is 0 Å². The normalized spacial score (nSPS) is 10.2. The average Bonchev–Trinajstić information content (AvgIpc) is 2.34. The zero-order chi connectivity index (χ0) is 13.1. The number of amides is 1. The maximum absolute atomic E-state index is 11.9. The molecule has 2 aromatic rings. The Hall–Kier alpha value is -1.89. The minimum absolute atomic E-state index is 0.183. The molecule has 2 aromatic heterocycles. The maximum atomic E-state index is 11.9. The molecule has 0 aliphatic carbocycles. The van der Waals surface area contributed by atoms with Crippen molar-refractivity contribution < 1.29 is 4.79 Å². The summed E-state index contributed by atoms with van der Waals surface area (Å²) in [5, 5.41) is 10.3. The van der Waals surface area contributed by atoms with Crippen LogP contribution in [-0.4, -0.2) is 26.1 Å². The Labute approximate surface area is 112 Å². The largest absolute Gasteiger partial charge is 0.289 e. The molecule has 6 nitrogen and oxygen atoms in total. The summed E-state index contributed by atoms with van der Waals surface area (Å²) in [6.07, 6.45) is 3.07. The smallest absolute Gasteiger partial charge is 0.259 e. The molecule has 18 heavy (non-hydrogen) atoms. The molecule has 1 N–H and O–H groups in total. The molecule has 0 aromatic carbocycles. The van der Waals surface area contributed by atoms with Crippen LogP contribution in [0, 0.1) is 13.8 Å². The van der Waals surface area contributed by atoms with Gasteiger partial charge in [-0.2, -0.15) is 5.10 Å². The molecule has 2 heterocycles. The van der Waals surface area contributed by atoms with Crippen molar-refractivity contribution in [3.05, 3.63) is 39.9 Å². The zero-order valence-electron chi connectivity index (χ0n) is 9.81. The molecule has 0 fully saturated rings. The lowest BCUT2D eigenvalue weighted by atomic mass is 10.3. The molecule has 1 amide bonds. The van der Waals surface area contributed by atoms with E-state index in [1.165, 1.54) is 6.20 Å². The van der Waals surface area contributed by atoms with Crippen molar-refractivity contribution >= 4 is 27.8 Å². The summed E-state index contributed by atoms with van der Waals surface area (Å²) in [6, 6.07) is 1.66. The second kappa shape index (κ2) is 5.18. The molecular formula is C11H10BrN5O. The van der Waals surface area contributed by atoms with E-state index in [9.17, 15) is 4.79 Å². The van der Waals surface area contributed by atoms with Gasteiger partial charge in [0.2, 0.25) is 5.95 Å². The number of halogens is 1. The third-order valence-corrected chi connectivity index (χ3v) is 2.72. The fourth-order valence-corrected chi connectivity index (χ4v) is 1.58. The molecule has 0 aliphatic rings. The Morgan fingerprint density at radius 1 is 1.22 bits per heavy atom. The van der Waals surface area contributed by atoms with Crippen molar-refractivity contribution in [2.75, 3.05) is 5.32 Å². The summed E-state index contributed by atoms with van der Waals surface area (Å²) in [7, 11) is 0. The first kappa shape index (κ1) is 12.6. The van der Waals surface area contributed by atoms with E-state index in [0.717, 1.165) is 15.9 Å². The van der Waals surface area contributed by atoms with Gasteiger partial charge < -0.3 is 0 Å². The van der Waals surface area contributed by atoms with Gasteiger partial charge in [0, 0.05) is 16.9 Å². The predicted molar refractivity (Wildman–Crippen MR) is 69.2 cm³/mol. The van der Waals surface area contributed by atoms with Crippen molar-refractivity contribution in [3.8, 4) is 0 Å². The van der Waals surface area contributed by atoms with E-state index in [0.29, 0.717) is 5.56 Å². The Kier molecular flexibility index (Phi) is 3.61. The van der Waals surface area contributed by atoms with Gasteiger partial charge in [-0.25, -0.2) is 4.98 Å². The molecule has 0 unspecified atom stereocenters. The number of nitrogens with one attached hydrogen (secondary N) is 1. The molecular weight excluding hydrogens is 298 g/mol. The number of hydrogen-bond acceptors (Lipinski definition) is 5. The van der Waals surface area contributed by atoms with E-state index in [4.69, 9.17) is 0 Å². The minimum Gasteiger partial charge on any atom is -0.289 e. The summed E-state index contributed by atoms with van der Waals surface area (Å²) >= 11 is 3.25. The van der Waals surface area contributed by atoms with Crippen LogP contribution in [-0.2, 0) is 0 Å². The number of pyridine rings is 1. The fraction of sp³-hybridized carbons (Fsp3) is 0.182. The summed E-state index contributed by atoms with van der Waals surface area (Å²) in [5.41, 5.74) is 1.89. The molecule has 92 valence electrons. The molecule has 0 spiro atoms. The number of aryl methyl sites for hydroxylation is 2. The van der Waals surface area contributed by atoms with E-state index in [-0.39, 0.29) is 11.9 Å². The second-order valence-electron chi connectivity index (χ2n) is 3.65. The SMILES string of the molecule is Cc1nnc(NC(=O)c2cncc(Br)c2)nc1C. The van der Waals surface area contributed by atoms with Crippen molar-refractivity contribution in [1.29, 1.82) is 0 Å². The molecule has 0 aliphatic heterocycles. The van der Waals surface area contributed by atoms with Crippen LogP contribution in [0.1, 0.15) is 21.7 Å². The van der Waals surface area contributed by atoms with Crippen LogP contribution in [0.5, 0.6) is 0 Å². The number of rotatable bonds is 2. The van der Waals surface area contributed by atoms with Crippen molar-refractivity contribution in [2.45, 2.75) is 13.8 Å². The van der Waals surface area contributed by atoms with Crippen LogP contribution < -0.4 is 5.32 Å². The van der Waals surface area contributed by atoms with Crippen molar-refractivity contribution in [1.82, 2.24) is 20.2 Å². The second-order valence-corrected chi connectivity index (χ2v) is 4.57. The quantitative estimate of drug-likeness (QED) is 0.916. The van der Waals surface area contributed by atoms with Gasteiger partial charge >= 0.3 is 0 Å². The topological polar surface area (TPSA) is 80.7 Å². The highest BCUT2D eigenvalue weighted by atomic mass is 79.9. The summed E-state index contributed by atoms with van der Waals surface area (Å²) in [5.74, 6) is -0.142. The van der Waals surface area contributed by atoms with Gasteiger partial charge in [0.15, 0.2) is 0 Å². The summed E-state index contributed by atoms with van der Waals surface area (Å²) in [4.78, 5) is 19.9. The minimum atomic E-state index is -0.325. The van der Waals surface area contributed by atoms with Gasteiger partial charge in [0.25, 0.3) is 5.91 Å². The molecule has 0 radical (unpaired) electrons. The number of hydrogen-bond donors (Lipinski definition) is 1. The van der Waals surface area contributed by atoms with E-state index in [1.54, 1.807) is 26.1 Å². The third kappa shape index (κ3) is 2.86. The molecule has 0 saturated carbocycles. The highest BCUT2D eigenvalue weighted by molar-refractivity contribution is 9.10. The van der Waals surface area contributed by atoms with Crippen molar-refractivity contribution in [3.63, 3.8) is 0 Å². The van der Waals surface area contributed by atoms with Gasteiger partial charge in [-0.05, 0) is 35.8 Å². The van der Waals surface area contributed by atoms with Gasteiger partial charge in [0.05, 0.1) is 17.0 Å². The van der Waals surface area contributed by atoms with Crippen LogP contribution in [0.25, 0.3) is 0 Å². The van der Waals surface area contributed by atoms with E-state index in [2.05, 4.69) is 41.4 Å². The number of carbonyl (C=O) groups is 1. The fourth-order valence-electron chi connectivity index (χ4n) is 1.22. The lowest BCUT2D eigenvalue weighted by Gasteiger charge is -2.04. The molecule has 0 saturated heterocycles. The number of aromatic nitrogens is 4. The number of nitrogens with zero attached hydrogens (tertiary/aromatic N) is 4. The standard InChI is InChI=1S/C11H10BrN5O/c1-6-7(2)16-17-11(14-6)15-10(18)8-3-9(12)5-13-4-8/h3-5H,1-2H3,(H,14,15,17,18). The highest BCUT2D eigenvalue weighted by Gasteiger charge is 2.09. The molecule has 2 rings (SSSR count). The highest BCUT2D eigenvalue weighted by Crippen LogP contribution is 2.11. The van der Waals surface area contributed by atoms with Crippen LogP contribution in [0.2, 0.25) is 0 Å². The Morgan fingerprint density at radius 2 is 2.00 bits per heavy atom. The lowest BCUT2D eigenvalue weighted by Crippen LogP contribution is -2.15. The van der Waals surface area contributed by atoms with Crippen LogP contribution in [0.3, 0.4) is 0 Å². The number of carbonyl (C=O) groups excluding carboxylic acids is 1.